The van der Waals surface area contributed by atoms with E-state index in [-0.39, 0.29) is 23.8 Å². The van der Waals surface area contributed by atoms with Crippen LogP contribution in [0.15, 0.2) is 18.2 Å². The van der Waals surface area contributed by atoms with Crippen LogP contribution in [-0.2, 0) is 16.0 Å². The molecule has 27 heavy (non-hydrogen) atoms. The predicted octanol–water partition coefficient (Wildman–Crippen LogP) is 3.04. The lowest BCUT2D eigenvalue weighted by Crippen LogP contribution is -2.52. The summed E-state index contributed by atoms with van der Waals surface area (Å²) >= 11 is 0. The summed E-state index contributed by atoms with van der Waals surface area (Å²) in [5, 5.41) is 2.86. The topological polar surface area (TPSA) is 67.9 Å². The first-order chi connectivity index (χ1) is 12.7. The van der Waals surface area contributed by atoms with Crippen molar-refractivity contribution in [2.24, 2.45) is 0 Å². The largest absolute Gasteiger partial charge is 0.477 e. The van der Waals surface area contributed by atoms with E-state index in [0.717, 1.165) is 19.3 Å². The van der Waals surface area contributed by atoms with Crippen LogP contribution in [0.5, 0.6) is 5.75 Å². The molecule has 148 valence electrons. The molecule has 3 rings (SSSR count). The second-order valence-electron chi connectivity index (χ2n) is 8.11. The predicted molar refractivity (Wildman–Crippen MR) is 98.1 cm³/mol. The Kier molecular flexibility index (Phi) is 5.58. The molecule has 2 amide bonds. The van der Waals surface area contributed by atoms with E-state index in [2.05, 4.69) is 5.32 Å². The number of amides is 2. The number of likely N-dealkylation sites (tertiary alicyclic amines) is 1. The molecule has 2 atom stereocenters. The van der Waals surface area contributed by atoms with E-state index in [1.807, 2.05) is 20.8 Å². The van der Waals surface area contributed by atoms with Crippen molar-refractivity contribution in [3.63, 3.8) is 0 Å². The van der Waals surface area contributed by atoms with E-state index in [0.29, 0.717) is 25.1 Å². The third-order valence-electron chi connectivity index (χ3n) is 4.77. The molecule has 0 bridgehead atoms. The summed E-state index contributed by atoms with van der Waals surface area (Å²) in [6, 6.07) is 4.58. The van der Waals surface area contributed by atoms with Gasteiger partial charge in [-0.05, 0) is 46.1 Å². The average molecular weight is 378 g/mol. The molecule has 2 heterocycles. The van der Waals surface area contributed by atoms with Crippen LogP contribution in [0.1, 0.15) is 45.6 Å². The van der Waals surface area contributed by atoms with Crippen molar-refractivity contribution >= 4 is 12.0 Å². The van der Waals surface area contributed by atoms with Gasteiger partial charge in [-0.2, -0.15) is 0 Å². The standard InChI is InChI=1S/C20H27FN2O4/c1-20(2,3)27-19(25)23-10-5-4-8-14(23)12-22-18(24)16-11-13-7-6-9-15(21)17(13)26-16/h6-7,9,14,16H,4-5,8,10-12H2,1-3H3,(H,22,24)/t14-,16+/m1/s1. The first-order valence-corrected chi connectivity index (χ1v) is 9.46. The monoisotopic (exact) mass is 378 g/mol. The van der Waals surface area contributed by atoms with Crippen LogP contribution in [0.2, 0.25) is 0 Å². The minimum absolute atomic E-state index is 0.113. The number of rotatable bonds is 3. The van der Waals surface area contributed by atoms with Crippen LogP contribution < -0.4 is 10.1 Å². The third-order valence-corrected chi connectivity index (χ3v) is 4.77. The van der Waals surface area contributed by atoms with Gasteiger partial charge in [0.15, 0.2) is 17.7 Å². The van der Waals surface area contributed by atoms with E-state index >= 15 is 0 Å². The number of carbonyl (C=O) groups excluding carboxylic acids is 2. The van der Waals surface area contributed by atoms with Crippen LogP contribution in [0.4, 0.5) is 9.18 Å². The fourth-order valence-corrected chi connectivity index (χ4v) is 3.48. The molecule has 0 saturated carbocycles. The molecule has 0 radical (unpaired) electrons. The molecule has 1 aromatic carbocycles. The van der Waals surface area contributed by atoms with E-state index in [4.69, 9.17) is 9.47 Å². The van der Waals surface area contributed by atoms with Crippen molar-refractivity contribution in [1.29, 1.82) is 0 Å². The van der Waals surface area contributed by atoms with Gasteiger partial charge in [-0.1, -0.05) is 12.1 Å². The van der Waals surface area contributed by atoms with Crippen LogP contribution in [-0.4, -0.2) is 47.7 Å². The van der Waals surface area contributed by atoms with Crippen molar-refractivity contribution in [2.45, 2.75) is 64.2 Å². The van der Waals surface area contributed by atoms with Crippen LogP contribution >= 0.6 is 0 Å². The zero-order valence-electron chi connectivity index (χ0n) is 16.1. The lowest BCUT2D eigenvalue weighted by atomic mass is 10.0. The van der Waals surface area contributed by atoms with Crippen molar-refractivity contribution in [3.05, 3.63) is 29.6 Å². The number of ether oxygens (including phenoxy) is 2. The summed E-state index contributed by atoms with van der Waals surface area (Å²) in [7, 11) is 0. The Balaban J connectivity index is 1.56. The fraction of sp³-hybridized carbons (Fsp3) is 0.600. The van der Waals surface area contributed by atoms with Crippen LogP contribution in [0.3, 0.4) is 0 Å². The van der Waals surface area contributed by atoms with Gasteiger partial charge in [-0.25, -0.2) is 9.18 Å². The first-order valence-electron chi connectivity index (χ1n) is 9.46. The normalized spacial score (nSPS) is 22.0. The molecule has 6 nitrogen and oxygen atoms in total. The van der Waals surface area contributed by atoms with Gasteiger partial charge in [0.2, 0.25) is 0 Å². The lowest BCUT2D eigenvalue weighted by Gasteiger charge is -2.36. The molecule has 1 N–H and O–H groups in total. The van der Waals surface area contributed by atoms with E-state index in [9.17, 15) is 14.0 Å². The Morgan fingerprint density at radius 1 is 1.33 bits per heavy atom. The maximum absolute atomic E-state index is 13.8. The zero-order valence-corrected chi connectivity index (χ0v) is 16.1. The number of nitrogens with zero attached hydrogens (tertiary/aromatic N) is 1. The molecule has 7 heteroatoms. The lowest BCUT2D eigenvalue weighted by molar-refractivity contribution is -0.127. The molecule has 0 spiro atoms. The zero-order chi connectivity index (χ0) is 19.6. The highest BCUT2D eigenvalue weighted by molar-refractivity contribution is 5.82. The Morgan fingerprint density at radius 2 is 2.11 bits per heavy atom. The van der Waals surface area contributed by atoms with E-state index < -0.39 is 17.5 Å². The fourth-order valence-electron chi connectivity index (χ4n) is 3.48. The second-order valence-corrected chi connectivity index (χ2v) is 8.11. The molecule has 1 fully saturated rings. The van der Waals surface area contributed by atoms with Crippen LogP contribution in [0.25, 0.3) is 0 Å². The number of fused-ring (bicyclic) bond motifs is 1. The minimum atomic E-state index is -0.740. The minimum Gasteiger partial charge on any atom is -0.477 e. The number of nitrogens with one attached hydrogen (secondary N) is 1. The van der Waals surface area contributed by atoms with Gasteiger partial charge < -0.3 is 19.7 Å². The molecule has 0 aromatic heterocycles. The highest BCUT2D eigenvalue weighted by Gasteiger charge is 2.34. The van der Waals surface area contributed by atoms with Gasteiger partial charge in [0.25, 0.3) is 5.91 Å². The Morgan fingerprint density at radius 3 is 2.81 bits per heavy atom. The summed E-state index contributed by atoms with van der Waals surface area (Å²) in [6.07, 6.45) is 1.98. The Bertz CT molecular complexity index is 716. The van der Waals surface area contributed by atoms with Crippen molar-refractivity contribution in [2.75, 3.05) is 13.1 Å². The Hall–Kier alpha value is -2.31. The van der Waals surface area contributed by atoms with Gasteiger partial charge in [-0.3, -0.25) is 4.79 Å². The van der Waals surface area contributed by atoms with Gasteiger partial charge in [0.1, 0.15) is 5.60 Å². The average Bonchev–Trinajstić information content (AvgIpc) is 3.04. The maximum atomic E-state index is 13.8. The highest BCUT2D eigenvalue weighted by atomic mass is 19.1. The number of piperidine rings is 1. The number of halogens is 1. The van der Waals surface area contributed by atoms with Gasteiger partial charge in [-0.15, -0.1) is 0 Å². The van der Waals surface area contributed by atoms with Gasteiger partial charge in [0.05, 0.1) is 6.04 Å². The quantitative estimate of drug-likeness (QED) is 0.878. The maximum Gasteiger partial charge on any atom is 0.410 e. The molecule has 2 aliphatic heterocycles. The molecular formula is C20H27FN2O4. The number of benzene rings is 1. The highest BCUT2D eigenvalue weighted by Crippen LogP contribution is 2.31. The van der Waals surface area contributed by atoms with Gasteiger partial charge >= 0.3 is 6.09 Å². The molecule has 1 aromatic rings. The Labute approximate surface area is 159 Å². The van der Waals surface area contributed by atoms with Crippen molar-refractivity contribution in [3.8, 4) is 5.75 Å². The number of hydrogen-bond acceptors (Lipinski definition) is 4. The van der Waals surface area contributed by atoms with Crippen molar-refractivity contribution in [1.82, 2.24) is 10.2 Å². The SMILES string of the molecule is CC(C)(C)OC(=O)N1CCCC[C@@H]1CNC(=O)[C@@H]1Cc2cccc(F)c2O1. The first kappa shape index (κ1) is 19.5. The number of carbonyl (C=O) groups is 2. The van der Waals surface area contributed by atoms with Crippen LogP contribution in [0, 0.1) is 5.82 Å². The van der Waals surface area contributed by atoms with Crippen molar-refractivity contribution < 1.29 is 23.5 Å². The number of hydrogen-bond donors (Lipinski definition) is 1. The second kappa shape index (κ2) is 7.74. The molecule has 0 aliphatic carbocycles. The summed E-state index contributed by atoms with van der Waals surface area (Å²) in [5.74, 6) is -0.586. The van der Waals surface area contributed by atoms with E-state index in [1.54, 1.807) is 17.0 Å². The smallest absolute Gasteiger partial charge is 0.410 e. The number of para-hydroxylation sites is 1. The molecule has 1 saturated heterocycles. The third kappa shape index (κ3) is 4.70. The summed E-state index contributed by atoms with van der Waals surface area (Å²) < 4.78 is 24.7. The molecule has 0 unspecified atom stereocenters. The van der Waals surface area contributed by atoms with Gasteiger partial charge in [0, 0.05) is 25.1 Å². The molecular weight excluding hydrogens is 351 g/mol. The molecule has 2 aliphatic rings. The summed E-state index contributed by atoms with van der Waals surface area (Å²) in [5.41, 5.74) is 0.138. The summed E-state index contributed by atoms with van der Waals surface area (Å²) in [4.78, 5) is 26.6. The van der Waals surface area contributed by atoms with E-state index in [1.165, 1.54) is 6.07 Å². The summed E-state index contributed by atoms with van der Waals surface area (Å²) in [6.45, 7) is 6.45.